The second-order valence-electron chi connectivity index (χ2n) is 17.5. The number of ether oxygens (including phenoxy) is 2. The van der Waals surface area contributed by atoms with Crippen LogP contribution >= 0.6 is 0 Å². The van der Waals surface area contributed by atoms with Crippen molar-refractivity contribution >= 4 is 5.91 Å². The van der Waals surface area contributed by atoms with Gasteiger partial charge in [-0.3, -0.25) is 4.79 Å². The molecule has 0 saturated carbocycles. The van der Waals surface area contributed by atoms with Crippen molar-refractivity contribution in [3.63, 3.8) is 0 Å². The van der Waals surface area contributed by atoms with E-state index in [0.717, 1.165) is 64.2 Å². The molecule has 8 N–H and O–H groups in total. The fraction of sp³-hybridized carbons (Fsp3) is 0.824. The lowest BCUT2D eigenvalue weighted by molar-refractivity contribution is -0.303. The molecule has 0 aromatic rings. The summed E-state index contributed by atoms with van der Waals surface area (Å²) in [7, 11) is 0. The minimum Gasteiger partial charge on any atom is -0.394 e. The molecule has 1 fully saturated rings. The van der Waals surface area contributed by atoms with Gasteiger partial charge in [-0.2, -0.15) is 0 Å². The molecule has 0 aromatic carbocycles. The van der Waals surface area contributed by atoms with Gasteiger partial charge >= 0.3 is 0 Å². The van der Waals surface area contributed by atoms with Crippen molar-refractivity contribution in [2.24, 2.45) is 0 Å². The van der Waals surface area contributed by atoms with E-state index in [4.69, 9.17) is 9.47 Å². The highest BCUT2D eigenvalue weighted by atomic mass is 16.7. The molecular formula is C51H93NO10. The Labute approximate surface area is 377 Å². The first kappa shape index (κ1) is 58.1. The summed E-state index contributed by atoms with van der Waals surface area (Å²) in [6.45, 7) is 3.40. The van der Waals surface area contributed by atoms with Crippen LogP contribution in [0.1, 0.15) is 200 Å². The number of aliphatic hydroxyl groups excluding tert-OH is 7. The van der Waals surface area contributed by atoms with Gasteiger partial charge in [-0.15, -0.1) is 0 Å². The molecule has 0 aliphatic carbocycles. The summed E-state index contributed by atoms with van der Waals surface area (Å²) in [5.41, 5.74) is 0. The standard InChI is InChI=1S/C51H93NO10/c1-3-5-7-9-11-13-15-17-19-21-22-23-25-26-28-30-32-34-36-38-43(54)46(56)42(41-61-51-49(59)48(58)47(57)45(40-53)62-51)52-50(60)44(55)39-37-35-33-31-29-27-24-20-18-16-14-12-10-8-6-4-2/h17-20,23,25,30,32,42-49,51,53-59H,3-16,21-22,24,26-29,31,33-41H2,1-2H3,(H,52,60)/b19-17+,20-18-,25-23+,32-30+. The molecule has 11 nitrogen and oxygen atoms in total. The summed E-state index contributed by atoms with van der Waals surface area (Å²) >= 11 is 0. The molecule has 0 spiro atoms. The lowest BCUT2D eigenvalue weighted by Gasteiger charge is -2.40. The molecule has 9 unspecified atom stereocenters. The molecule has 1 aliphatic rings. The van der Waals surface area contributed by atoms with Crippen molar-refractivity contribution < 1.29 is 50.0 Å². The number of unbranched alkanes of at least 4 members (excludes halogenated alkanes) is 21. The molecule has 1 amide bonds. The van der Waals surface area contributed by atoms with Gasteiger partial charge in [0.15, 0.2) is 6.29 Å². The van der Waals surface area contributed by atoms with E-state index >= 15 is 0 Å². The van der Waals surface area contributed by atoms with Crippen LogP contribution in [0, 0.1) is 0 Å². The lowest BCUT2D eigenvalue weighted by atomic mass is 9.98. The van der Waals surface area contributed by atoms with Gasteiger partial charge < -0.3 is 50.5 Å². The molecule has 0 radical (unpaired) electrons. The van der Waals surface area contributed by atoms with Gasteiger partial charge in [0.1, 0.15) is 36.6 Å². The summed E-state index contributed by atoms with van der Waals surface area (Å²) < 4.78 is 11.1. The van der Waals surface area contributed by atoms with E-state index in [0.29, 0.717) is 19.3 Å². The van der Waals surface area contributed by atoms with Crippen LogP contribution in [-0.4, -0.2) is 110 Å². The third-order valence-corrected chi connectivity index (χ3v) is 11.8. The summed E-state index contributed by atoms with van der Waals surface area (Å²) in [6.07, 6.45) is 37.2. The number of amides is 1. The van der Waals surface area contributed by atoms with Gasteiger partial charge in [0.2, 0.25) is 5.91 Å². The van der Waals surface area contributed by atoms with Gasteiger partial charge in [-0.05, 0) is 89.9 Å². The second kappa shape index (κ2) is 40.6. The Morgan fingerprint density at radius 3 is 1.44 bits per heavy atom. The van der Waals surface area contributed by atoms with Crippen LogP contribution in [0.4, 0.5) is 0 Å². The number of carbonyl (C=O) groups is 1. The normalized spacial score (nSPS) is 21.7. The zero-order valence-electron chi connectivity index (χ0n) is 39.1. The first-order valence-corrected chi connectivity index (χ1v) is 25.0. The Hall–Kier alpha value is -1.93. The molecule has 0 bridgehead atoms. The molecule has 1 rings (SSSR count). The molecule has 11 heteroatoms. The number of aliphatic hydroxyl groups is 7. The highest BCUT2D eigenvalue weighted by molar-refractivity contribution is 5.80. The molecular weight excluding hydrogens is 787 g/mol. The Bertz CT molecular complexity index is 1150. The second-order valence-corrected chi connectivity index (χ2v) is 17.5. The SMILES string of the molecule is CCCCCCCC/C=C\CCCCCCCCC(O)C(=O)NC(COC1OC(CO)C(O)C(O)C1O)C(O)C(O)CCC/C=C/CC/C=C/CC/C=C/CCCCCCCC. The smallest absolute Gasteiger partial charge is 0.249 e. The van der Waals surface area contributed by atoms with Crippen LogP contribution in [0.2, 0.25) is 0 Å². The Morgan fingerprint density at radius 2 is 0.968 bits per heavy atom. The van der Waals surface area contributed by atoms with Gasteiger partial charge in [-0.1, -0.05) is 159 Å². The number of nitrogens with one attached hydrogen (secondary N) is 1. The number of rotatable bonds is 41. The Morgan fingerprint density at radius 1 is 0.548 bits per heavy atom. The molecule has 362 valence electrons. The van der Waals surface area contributed by atoms with Gasteiger partial charge in [0, 0.05) is 0 Å². The van der Waals surface area contributed by atoms with Crippen molar-refractivity contribution in [2.45, 2.75) is 255 Å². The van der Waals surface area contributed by atoms with Crippen LogP contribution in [0.25, 0.3) is 0 Å². The zero-order valence-corrected chi connectivity index (χ0v) is 39.1. The van der Waals surface area contributed by atoms with Crippen LogP contribution in [0.5, 0.6) is 0 Å². The van der Waals surface area contributed by atoms with E-state index in [1.54, 1.807) is 0 Å². The van der Waals surface area contributed by atoms with Crippen molar-refractivity contribution in [2.75, 3.05) is 13.2 Å². The quantitative estimate of drug-likeness (QED) is 0.0218. The summed E-state index contributed by atoms with van der Waals surface area (Å²) in [5.74, 6) is -0.719. The molecule has 1 heterocycles. The van der Waals surface area contributed by atoms with E-state index < -0.39 is 74.2 Å². The van der Waals surface area contributed by atoms with Crippen molar-refractivity contribution in [1.29, 1.82) is 0 Å². The highest BCUT2D eigenvalue weighted by Crippen LogP contribution is 2.23. The van der Waals surface area contributed by atoms with Gasteiger partial charge in [0.05, 0.1) is 25.4 Å². The summed E-state index contributed by atoms with van der Waals surface area (Å²) in [4.78, 5) is 13.1. The van der Waals surface area contributed by atoms with E-state index in [1.807, 2.05) is 0 Å². The molecule has 0 aromatic heterocycles. The minimum atomic E-state index is -1.67. The van der Waals surface area contributed by atoms with E-state index in [2.05, 4.69) is 67.8 Å². The maximum absolute atomic E-state index is 13.1. The number of hydrogen-bond acceptors (Lipinski definition) is 10. The van der Waals surface area contributed by atoms with Crippen molar-refractivity contribution in [1.82, 2.24) is 5.32 Å². The Balaban J connectivity index is 2.47. The molecule has 62 heavy (non-hydrogen) atoms. The summed E-state index contributed by atoms with van der Waals surface area (Å²) in [5, 5.41) is 75.8. The number of allylic oxidation sites excluding steroid dienone is 8. The highest BCUT2D eigenvalue weighted by Gasteiger charge is 2.44. The molecule has 1 saturated heterocycles. The number of hydrogen-bond donors (Lipinski definition) is 8. The van der Waals surface area contributed by atoms with Crippen LogP contribution < -0.4 is 5.32 Å². The maximum atomic E-state index is 13.1. The van der Waals surface area contributed by atoms with Gasteiger partial charge in [0.25, 0.3) is 0 Å². The fourth-order valence-corrected chi connectivity index (χ4v) is 7.64. The average molecular weight is 880 g/mol. The topological polar surface area (TPSA) is 189 Å². The van der Waals surface area contributed by atoms with E-state index in [-0.39, 0.29) is 12.8 Å². The third-order valence-electron chi connectivity index (χ3n) is 11.8. The largest absolute Gasteiger partial charge is 0.394 e. The maximum Gasteiger partial charge on any atom is 0.249 e. The monoisotopic (exact) mass is 880 g/mol. The first-order chi connectivity index (χ1) is 30.2. The van der Waals surface area contributed by atoms with Gasteiger partial charge in [-0.25, -0.2) is 0 Å². The fourth-order valence-electron chi connectivity index (χ4n) is 7.64. The molecule has 9 atom stereocenters. The number of carbonyl (C=O) groups excluding carboxylic acids is 1. The summed E-state index contributed by atoms with van der Waals surface area (Å²) in [6, 6.07) is -1.20. The molecule has 1 aliphatic heterocycles. The van der Waals surface area contributed by atoms with Crippen LogP contribution in [0.15, 0.2) is 48.6 Å². The van der Waals surface area contributed by atoms with Crippen LogP contribution in [0.3, 0.4) is 0 Å². The lowest BCUT2D eigenvalue weighted by Crippen LogP contribution is -2.60. The average Bonchev–Trinajstić information content (AvgIpc) is 3.27. The van der Waals surface area contributed by atoms with E-state index in [9.17, 15) is 40.5 Å². The third kappa shape index (κ3) is 29.5. The van der Waals surface area contributed by atoms with E-state index in [1.165, 1.54) is 89.9 Å². The first-order valence-electron chi connectivity index (χ1n) is 25.0. The van der Waals surface area contributed by atoms with Crippen molar-refractivity contribution in [3.8, 4) is 0 Å². The van der Waals surface area contributed by atoms with Crippen LogP contribution in [-0.2, 0) is 14.3 Å². The van der Waals surface area contributed by atoms with Crippen molar-refractivity contribution in [3.05, 3.63) is 48.6 Å². The predicted octanol–water partition coefficient (Wildman–Crippen LogP) is 8.95. The Kier molecular flexibility index (Phi) is 38.0. The predicted molar refractivity (Wildman–Crippen MR) is 251 cm³/mol. The minimum absolute atomic E-state index is 0.238. The zero-order chi connectivity index (χ0) is 45.5.